The molecule has 0 aliphatic carbocycles. The summed E-state index contributed by atoms with van der Waals surface area (Å²) in [4.78, 5) is 9.17. The summed E-state index contributed by atoms with van der Waals surface area (Å²) in [6.07, 6.45) is 0. The number of nitro benzene ring substituents is 1. The first kappa shape index (κ1) is 17.4. The van der Waals surface area contributed by atoms with E-state index in [4.69, 9.17) is 5.11 Å². The third kappa shape index (κ3) is 4.17. The van der Waals surface area contributed by atoms with Gasteiger partial charge in [-0.25, -0.2) is 13.1 Å². The average Bonchev–Trinajstić information content (AvgIpc) is 2.39. The molecule has 0 saturated heterocycles. The first-order valence-corrected chi connectivity index (χ1v) is 7.26. The normalized spacial score (nSPS) is 14.7. The predicted molar refractivity (Wildman–Crippen MR) is 70.7 cm³/mol. The number of nitro groups is 1. The molecule has 0 fully saturated rings. The molecule has 0 amide bonds. The molecular weight excluding hydrogens is 307 g/mol. The largest absolute Gasteiger partial charge is 0.393 e. The van der Waals surface area contributed by atoms with Crippen molar-refractivity contribution in [2.24, 2.45) is 0 Å². The number of benzene rings is 1. The summed E-state index contributed by atoms with van der Waals surface area (Å²) in [7, 11) is -4.19. The Morgan fingerprint density at radius 3 is 2.52 bits per heavy atom. The molecule has 0 saturated carbocycles. The minimum absolute atomic E-state index is 0.196. The Bertz CT molecular complexity index is 659. The number of sulfonamides is 1. The maximum absolute atomic E-state index is 13.5. The highest BCUT2D eigenvalue weighted by Gasteiger charge is 2.26. The van der Waals surface area contributed by atoms with Gasteiger partial charge in [-0.1, -0.05) is 0 Å². The number of halogens is 1. The molecule has 0 bridgehead atoms. The van der Waals surface area contributed by atoms with E-state index in [1.165, 1.54) is 13.8 Å². The lowest BCUT2D eigenvalue weighted by Crippen LogP contribution is -2.43. The second-order valence-electron chi connectivity index (χ2n) is 4.81. The van der Waals surface area contributed by atoms with Gasteiger partial charge in [-0.3, -0.25) is 10.1 Å². The van der Waals surface area contributed by atoms with Gasteiger partial charge < -0.3 is 10.2 Å². The molecule has 118 valence electrons. The van der Waals surface area contributed by atoms with Crippen molar-refractivity contribution < 1.29 is 27.9 Å². The smallest absolute Gasteiger partial charge is 0.306 e. The quantitative estimate of drug-likeness (QED) is 0.502. The van der Waals surface area contributed by atoms with Crippen molar-refractivity contribution in [1.82, 2.24) is 4.72 Å². The number of hydrogen-bond acceptors (Lipinski definition) is 6. The molecule has 1 rings (SSSR count). The molecule has 0 spiro atoms. The van der Waals surface area contributed by atoms with Crippen molar-refractivity contribution in [2.45, 2.75) is 24.3 Å². The molecule has 1 atom stereocenters. The van der Waals surface area contributed by atoms with Crippen molar-refractivity contribution >= 4 is 15.7 Å². The van der Waals surface area contributed by atoms with E-state index < -0.39 is 50.1 Å². The van der Waals surface area contributed by atoms with Gasteiger partial charge in [-0.2, -0.15) is 4.39 Å². The lowest BCUT2D eigenvalue weighted by molar-refractivity contribution is -0.387. The van der Waals surface area contributed by atoms with Crippen LogP contribution < -0.4 is 4.72 Å². The molecule has 0 aliphatic heterocycles. The van der Waals surface area contributed by atoms with Gasteiger partial charge in [-0.05, 0) is 25.5 Å². The molecule has 1 aromatic rings. The van der Waals surface area contributed by atoms with Crippen molar-refractivity contribution in [2.75, 3.05) is 13.2 Å². The van der Waals surface area contributed by atoms with Crippen LogP contribution in [-0.2, 0) is 10.0 Å². The van der Waals surface area contributed by atoms with E-state index in [-0.39, 0.29) is 5.56 Å². The monoisotopic (exact) mass is 322 g/mol. The average molecular weight is 322 g/mol. The highest BCUT2D eigenvalue weighted by atomic mass is 32.2. The SMILES string of the molecule is Cc1cc(S(=O)(=O)NCC(C)(O)CO)cc([N+](=O)[O-])c1F. The molecule has 8 nitrogen and oxygen atoms in total. The van der Waals surface area contributed by atoms with E-state index in [9.17, 15) is 28.0 Å². The molecule has 1 unspecified atom stereocenters. The molecule has 21 heavy (non-hydrogen) atoms. The zero-order valence-corrected chi connectivity index (χ0v) is 12.1. The fraction of sp³-hybridized carbons (Fsp3) is 0.455. The fourth-order valence-corrected chi connectivity index (χ4v) is 2.66. The van der Waals surface area contributed by atoms with E-state index in [1.54, 1.807) is 0 Å². The van der Waals surface area contributed by atoms with Crippen LogP contribution in [0.5, 0.6) is 0 Å². The molecule has 1 aromatic carbocycles. The summed E-state index contributed by atoms with van der Waals surface area (Å²) < 4.78 is 39.5. The summed E-state index contributed by atoms with van der Waals surface area (Å²) in [6.45, 7) is 1.22. The molecule has 0 radical (unpaired) electrons. The van der Waals surface area contributed by atoms with Gasteiger partial charge in [-0.15, -0.1) is 0 Å². The minimum Gasteiger partial charge on any atom is -0.393 e. The lowest BCUT2D eigenvalue weighted by Gasteiger charge is -2.20. The lowest BCUT2D eigenvalue weighted by atomic mass is 10.1. The summed E-state index contributed by atoms with van der Waals surface area (Å²) in [5.74, 6) is -1.11. The summed E-state index contributed by atoms with van der Waals surface area (Å²) >= 11 is 0. The standard InChI is InChI=1S/C11H15FN2O6S/c1-7-3-8(4-9(10(7)12)14(17)18)21(19,20)13-5-11(2,16)6-15/h3-4,13,15-16H,5-6H2,1-2H3. The van der Waals surface area contributed by atoms with Gasteiger partial charge in [0.1, 0.15) is 0 Å². The first-order chi connectivity index (χ1) is 9.50. The van der Waals surface area contributed by atoms with Crippen molar-refractivity contribution in [1.29, 1.82) is 0 Å². The Hall–Kier alpha value is -1.62. The number of nitrogens with one attached hydrogen (secondary N) is 1. The van der Waals surface area contributed by atoms with Crippen molar-refractivity contribution in [3.05, 3.63) is 33.6 Å². The van der Waals surface area contributed by atoms with Crippen LogP contribution in [-0.4, -0.2) is 42.3 Å². The van der Waals surface area contributed by atoms with Gasteiger partial charge in [0.15, 0.2) is 0 Å². The van der Waals surface area contributed by atoms with Crippen molar-refractivity contribution in [3.8, 4) is 0 Å². The van der Waals surface area contributed by atoms with Crippen LogP contribution in [0, 0.1) is 22.9 Å². The molecule has 0 heterocycles. The van der Waals surface area contributed by atoms with Crippen molar-refractivity contribution in [3.63, 3.8) is 0 Å². The number of aryl methyl sites for hydroxylation is 1. The summed E-state index contributed by atoms with van der Waals surface area (Å²) in [5, 5.41) is 29.1. The highest BCUT2D eigenvalue weighted by molar-refractivity contribution is 7.89. The van der Waals surface area contributed by atoms with E-state index in [2.05, 4.69) is 0 Å². The van der Waals surface area contributed by atoms with Gasteiger partial charge in [0.25, 0.3) is 0 Å². The number of aliphatic hydroxyl groups excluding tert-OH is 1. The third-order valence-corrected chi connectivity index (χ3v) is 4.08. The Morgan fingerprint density at radius 2 is 2.05 bits per heavy atom. The van der Waals surface area contributed by atoms with E-state index in [0.29, 0.717) is 6.07 Å². The van der Waals surface area contributed by atoms with Gasteiger partial charge in [0.2, 0.25) is 15.8 Å². The van der Waals surface area contributed by atoms with E-state index in [0.717, 1.165) is 6.07 Å². The Kier molecular flexibility index (Phi) is 4.99. The third-order valence-electron chi connectivity index (χ3n) is 2.70. The van der Waals surface area contributed by atoms with Gasteiger partial charge in [0, 0.05) is 12.6 Å². The number of nitrogens with zero attached hydrogens (tertiary/aromatic N) is 1. The molecule has 0 aliphatic rings. The Balaban J connectivity index is 3.18. The van der Waals surface area contributed by atoms with Gasteiger partial charge >= 0.3 is 5.69 Å². The van der Waals surface area contributed by atoms with Crippen LogP contribution in [0.15, 0.2) is 17.0 Å². The van der Waals surface area contributed by atoms with Crippen LogP contribution in [0.2, 0.25) is 0 Å². The zero-order chi connectivity index (χ0) is 16.4. The van der Waals surface area contributed by atoms with E-state index >= 15 is 0 Å². The number of aliphatic hydroxyl groups is 2. The summed E-state index contributed by atoms with van der Waals surface area (Å²) in [6, 6.07) is 1.54. The van der Waals surface area contributed by atoms with Crippen LogP contribution in [0.25, 0.3) is 0 Å². The highest BCUT2D eigenvalue weighted by Crippen LogP contribution is 2.25. The fourth-order valence-electron chi connectivity index (χ4n) is 1.40. The van der Waals surface area contributed by atoms with Gasteiger partial charge in [0.05, 0.1) is 22.0 Å². The molecular formula is C11H15FN2O6S. The maximum atomic E-state index is 13.5. The Morgan fingerprint density at radius 1 is 1.48 bits per heavy atom. The van der Waals surface area contributed by atoms with Crippen LogP contribution in [0.4, 0.5) is 10.1 Å². The predicted octanol–water partition coefficient (Wildman–Crippen LogP) is 0.0639. The van der Waals surface area contributed by atoms with Crippen LogP contribution in [0.3, 0.4) is 0 Å². The molecule has 10 heteroatoms. The second kappa shape index (κ2) is 6.02. The molecule has 3 N–H and O–H groups in total. The topological polar surface area (TPSA) is 130 Å². The first-order valence-electron chi connectivity index (χ1n) is 5.77. The van der Waals surface area contributed by atoms with Crippen LogP contribution in [0.1, 0.15) is 12.5 Å². The second-order valence-corrected chi connectivity index (χ2v) is 6.58. The Labute approximate surface area is 120 Å². The zero-order valence-electron chi connectivity index (χ0n) is 11.3. The van der Waals surface area contributed by atoms with E-state index in [1.807, 2.05) is 4.72 Å². The van der Waals surface area contributed by atoms with Crippen LogP contribution >= 0.6 is 0 Å². The maximum Gasteiger partial charge on any atom is 0.306 e. The number of rotatable bonds is 6. The minimum atomic E-state index is -4.19. The number of hydrogen-bond donors (Lipinski definition) is 3. The molecule has 0 aromatic heterocycles. The summed E-state index contributed by atoms with van der Waals surface area (Å²) in [5.41, 5.74) is -2.84.